The van der Waals surface area contributed by atoms with Crippen molar-refractivity contribution in [2.75, 3.05) is 0 Å². The van der Waals surface area contributed by atoms with Crippen LogP contribution in [0.25, 0.3) is 0 Å². The summed E-state index contributed by atoms with van der Waals surface area (Å²) in [5.41, 5.74) is 0.596. The molecule has 15 heavy (non-hydrogen) atoms. The number of aliphatic hydroxyl groups excluding tert-OH is 1. The van der Waals surface area contributed by atoms with E-state index in [0.29, 0.717) is 12.0 Å². The number of carbonyl (C=O) groups excluding carboxylic acids is 1. The summed E-state index contributed by atoms with van der Waals surface area (Å²) in [5, 5.41) is 9.80. The molecule has 0 heterocycles. The topological polar surface area (TPSA) is 37.3 Å². The molecule has 1 rings (SSSR count). The van der Waals surface area contributed by atoms with Gasteiger partial charge in [-0.3, -0.25) is 4.79 Å². The van der Waals surface area contributed by atoms with Crippen molar-refractivity contribution in [3.63, 3.8) is 0 Å². The predicted molar refractivity (Wildman–Crippen MR) is 60.5 cm³/mol. The molecular formula is C13H18O2. The Morgan fingerprint density at radius 2 is 1.80 bits per heavy atom. The Labute approximate surface area is 90.9 Å². The van der Waals surface area contributed by atoms with Gasteiger partial charge in [-0.1, -0.05) is 51.1 Å². The highest BCUT2D eigenvalue weighted by molar-refractivity contribution is 5.84. The number of ketones is 1. The maximum absolute atomic E-state index is 11.7. The Hall–Kier alpha value is -1.15. The average molecular weight is 206 g/mol. The minimum atomic E-state index is -0.981. The van der Waals surface area contributed by atoms with E-state index in [0.717, 1.165) is 0 Å². The van der Waals surface area contributed by atoms with E-state index in [9.17, 15) is 9.90 Å². The molecule has 82 valence electrons. The Bertz CT molecular complexity index is 322. The molecule has 0 amide bonds. The molecule has 0 saturated heterocycles. The highest BCUT2D eigenvalue weighted by atomic mass is 16.3. The van der Waals surface area contributed by atoms with Crippen LogP contribution in [0.5, 0.6) is 0 Å². The normalized spacial score (nSPS) is 13.6. The van der Waals surface area contributed by atoms with Gasteiger partial charge in [0.25, 0.3) is 0 Å². The summed E-state index contributed by atoms with van der Waals surface area (Å²) in [6.45, 7) is 5.97. The quantitative estimate of drug-likeness (QED) is 0.825. The van der Waals surface area contributed by atoms with Gasteiger partial charge in [-0.25, -0.2) is 0 Å². The fraction of sp³-hybridized carbons (Fsp3) is 0.462. The molecule has 0 aliphatic carbocycles. The monoisotopic (exact) mass is 206 g/mol. The lowest BCUT2D eigenvalue weighted by Crippen LogP contribution is -2.19. The van der Waals surface area contributed by atoms with E-state index in [-0.39, 0.29) is 11.2 Å². The lowest BCUT2D eigenvalue weighted by atomic mass is 9.87. The maximum Gasteiger partial charge on any atom is 0.166 e. The molecule has 1 aromatic rings. The van der Waals surface area contributed by atoms with Crippen molar-refractivity contribution < 1.29 is 9.90 Å². The van der Waals surface area contributed by atoms with Crippen LogP contribution in [-0.4, -0.2) is 10.9 Å². The molecule has 2 nitrogen and oxygen atoms in total. The smallest absolute Gasteiger partial charge is 0.166 e. The van der Waals surface area contributed by atoms with Crippen LogP contribution in [-0.2, 0) is 4.79 Å². The zero-order chi connectivity index (χ0) is 11.5. The zero-order valence-electron chi connectivity index (χ0n) is 9.53. The van der Waals surface area contributed by atoms with Crippen LogP contribution in [0.1, 0.15) is 38.9 Å². The van der Waals surface area contributed by atoms with Crippen LogP contribution in [0.3, 0.4) is 0 Å². The standard InChI is InChI=1S/C13H18O2/c1-13(2,3)9-11(14)12(15)10-7-5-4-6-8-10/h4-8,12,15H,9H2,1-3H3. The van der Waals surface area contributed by atoms with E-state index in [1.54, 1.807) is 12.1 Å². The first kappa shape index (κ1) is 11.9. The summed E-state index contributed by atoms with van der Waals surface area (Å²) in [5.74, 6) is -0.117. The van der Waals surface area contributed by atoms with Crippen LogP contribution in [0, 0.1) is 5.41 Å². The molecule has 1 aromatic carbocycles. The molecular weight excluding hydrogens is 188 g/mol. The molecule has 0 radical (unpaired) electrons. The Balaban J connectivity index is 2.70. The van der Waals surface area contributed by atoms with Crippen molar-refractivity contribution in [1.82, 2.24) is 0 Å². The fourth-order valence-corrected chi connectivity index (χ4v) is 1.44. The van der Waals surface area contributed by atoms with E-state index in [1.165, 1.54) is 0 Å². The van der Waals surface area contributed by atoms with Crippen LogP contribution < -0.4 is 0 Å². The Morgan fingerprint density at radius 3 is 2.27 bits per heavy atom. The first-order chi connectivity index (χ1) is 6.90. The van der Waals surface area contributed by atoms with Crippen LogP contribution in [0.2, 0.25) is 0 Å². The first-order valence-corrected chi connectivity index (χ1v) is 5.16. The molecule has 0 aliphatic heterocycles. The van der Waals surface area contributed by atoms with Crippen LogP contribution in [0.15, 0.2) is 30.3 Å². The van der Waals surface area contributed by atoms with E-state index >= 15 is 0 Å². The van der Waals surface area contributed by atoms with Gasteiger partial charge in [0.15, 0.2) is 5.78 Å². The summed E-state index contributed by atoms with van der Waals surface area (Å²) in [6, 6.07) is 9.05. The van der Waals surface area contributed by atoms with E-state index in [4.69, 9.17) is 0 Å². The summed E-state index contributed by atoms with van der Waals surface area (Å²) >= 11 is 0. The lowest BCUT2D eigenvalue weighted by Gasteiger charge is -2.19. The van der Waals surface area contributed by atoms with Gasteiger partial charge in [-0.2, -0.15) is 0 Å². The number of hydrogen-bond donors (Lipinski definition) is 1. The molecule has 1 unspecified atom stereocenters. The van der Waals surface area contributed by atoms with Gasteiger partial charge in [-0.15, -0.1) is 0 Å². The molecule has 0 spiro atoms. The van der Waals surface area contributed by atoms with Crippen molar-refractivity contribution >= 4 is 5.78 Å². The summed E-state index contributed by atoms with van der Waals surface area (Å²) in [4.78, 5) is 11.7. The number of Topliss-reactive ketones (excluding diaryl/α,β-unsaturated/α-hetero) is 1. The van der Waals surface area contributed by atoms with Crippen LogP contribution in [0.4, 0.5) is 0 Å². The third kappa shape index (κ3) is 3.84. The molecule has 0 fully saturated rings. The highest BCUT2D eigenvalue weighted by Gasteiger charge is 2.22. The van der Waals surface area contributed by atoms with Gasteiger partial charge >= 0.3 is 0 Å². The molecule has 0 saturated carbocycles. The van der Waals surface area contributed by atoms with Crippen molar-refractivity contribution in [1.29, 1.82) is 0 Å². The van der Waals surface area contributed by atoms with Crippen molar-refractivity contribution in [3.05, 3.63) is 35.9 Å². The number of carbonyl (C=O) groups is 1. The summed E-state index contributed by atoms with van der Waals surface area (Å²) in [6.07, 6.45) is -0.589. The van der Waals surface area contributed by atoms with Gasteiger partial charge in [0, 0.05) is 6.42 Å². The van der Waals surface area contributed by atoms with Gasteiger partial charge in [0.05, 0.1) is 0 Å². The van der Waals surface area contributed by atoms with Crippen molar-refractivity contribution in [2.24, 2.45) is 5.41 Å². The molecule has 0 aromatic heterocycles. The lowest BCUT2D eigenvalue weighted by molar-refractivity contribution is -0.129. The predicted octanol–water partition coefficient (Wildman–Crippen LogP) is 2.73. The number of hydrogen-bond acceptors (Lipinski definition) is 2. The molecule has 1 atom stereocenters. The Kier molecular flexibility index (Phi) is 3.64. The maximum atomic E-state index is 11.7. The minimum absolute atomic E-state index is 0.0765. The second-order valence-electron chi connectivity index (χ2n) is 5.02. The minimum Gasteiger partial charge on any atom is -0.381 e. The third-order valence-corrected chi connectivity index (χ3v) is 2.12. The van der Waals surface area contributed by atoms with Gasteiger partial charge < -0.3 is 5.11 Å². The highest BCUT2D eigenvalue weighted by Crippen LogP contribution is 2.24. The fourth-order valence-electron chi connectivity index (χ4n) is 1.44. The summed E-state index contributed by atoms with van der Waals surface area (Å²) < 4.78 is 0. The molecule has 0 bridgehead atoms. The third-order valence-electron chi connectivity index (χ3n) is 2.12. The molecule has 2 heteroatoms. The van der Waals surface area contributed by atoms with Crippen molar-refractivity contribution in [3.8, 4) is 0 Å². The number of rotatable bonds is 3. The Morgan fingerprint density at radius 1 is 1.27 bits per heavy atom. The summed E-state index contributed by atoms with van der Waals surface area (Å²) in [7, 11) is 0. The molecule has 1 N–H and O–H groups in total. The second-order valence-corrected chi connectivity index (χ2v) is 5.02. The van der Waals surface area contributed by atoms with Gasteiger partial charge in [0.1, 0.15) is 6.10 Å². The zero-order valence-corrected chi connectivity index (χ0v) is 9.53. The largest absolute Gasteiger partial charge is 0.381 e. The second kappa shape index (κ2) is 4.58. The van der Waals surface area contributed by atoms with E-state index in [1.807, 2.05) is 39.0 Å². The average Bonchev–Trinajstić information content (AvgIpc) is 2.15. The van der Waals surface area contributed by atoms with Gasteiger partial charge in [0.2, 0.25) is 0 Å². The van der Waals surface area contributed by atoms with E-state index < -0.39 is 6.10 Å². The van der Waals surface area contributed by atoms with E-state index in [2.05, 4.69) is 0 Å². The number of aliphatic hydroxyl groups is 1. The number of benzene rings is 1. The van der Waals surface area contributed by atoms with Crippen molar-refractivity contribution in [2.45, 2.75) is 33.3 Å². The first-order valence-electron chi connectivity index (χ1n) is 5.16. The van der Waals surface area contributed by atoms with Gasteiger partial charge in [-0.05, 0) is 11.0 Å². The molecule has 0 aliphatic rings. The van der Waals surface area contributed by atoms with Crippen LogP contribution >= 0.6 is 0 Å². The SMILES string of the molecule is CC(C)(C)CC(=O)C(O)c1ccccc1.